The van der Waals surface area contributed by atoms with Gasteiger partial charge < -0.3 is 19.9 Å². The molecule has 0 spiro atoms. The standard InChI is InChI=1S/C16H22N2O4/c19-15(16(20)4-1-5-16)18-8-13-2-6-17-9-14(13)22-11-12-3-7-21-10-12/h2,6,9,12,20H,1,3-5,7-8,10-11H2,(H,18,19). The SMILES string of the molecule is O=C(NCc1ccncc1OCC1CCOC1)C1(O)CCC1. The quantitative estimate of drug-likeness (QED) is 0.820. The van der Waals surface area contributed by atoms with Gasteiger partial charge >= 0.3 is 0 Å². The van der Waals surface area contributed by atoms with Crippen LogP contribution in [0.25, 0.3) is 0 Å². The van der Waals surface area contributed by atoms with E-state index in [1.807, 2.05) is 6.07 Å². The van der Waals surface area contributed by atoms with Crippen LogP contribution in [0, 0.1) is 5.92 Å². The monoisotopic (exact) mass is 306 g/mol. The van der Waals surface area contributed by atoms with Crippen LogP contribution < -0.4 is 10.1 Å². The van der Waals surface area contributed by atoms with Gasteiger partial charge in [0.15, 0.2) is 0 Å². The fourth-order valence-electron chi connectivity index (χ4n) is 2.69. The number of nitrogens with zero attached hydrogens (tertiary/aromatic N) is 1. The summed E-state index contributed by atoms with van der Waals surface area (Å²) in [5, 5.41) is 12.8. The molecule has 2 fully saturated rings. The fraction of sp³-hybridized carbons (Fsp3) is 0.625. The topological polar surface area (TPSA) is 80.7 Å². The van der Waals surface area contributed by atoms with Crippen LogP contribution in [0.4, 0.5) is 0 Å². The number of amides is 1. The Labute approximate surface area is 129 Å². The zero-order chi connectivity index (χ0) is 15.4. The van der Waals surface area contributed by atoms with Crippen LogP contribution in [-0.4, -0.2) is 41.4 Å². The van der Waals surface area contributed by atoms with Gasteiger partial charge in [0.1, 0.15) is 11.4 Å². The fourth-order valence-corrected chi connectivity index (χ4v) is 2.69. The number of carbonyl (C=O) groups excluding carboxylic acids is 1. The number of hydrogen-bond acceptors (Lipinski definition) is 5. The smallest absolute Gasteiger partial charge is 0.252 e. The molecule has 1 aliphatic heterocycles. The van der Waals surface area contributed by atoms with Gasteiger partial charge in [-0.3, -0.25) is 9.78 Å². The first kappa shape index (κ1) is 15.2. The Hall–Kier alpha value is -1.66. The third kappa shape index (κ3) is 3.39. The number of rotatable bonds is 6. The minimum atomic E-state index is -1.17. The van der Waals surface area contributed by atoms with E-state index in [1.54, 1.807) is 12.4 Å². The lowest BCUT2D eigenvalue weighted by molar-refractivity contribution is -0.148. The van der Waals surface area contributed by atoms with Gasteiger partial charge in [-0.1, -0.05) is 0 Å². The van der Waals surface area contributed by atoms with Gasteiger partial charge in [0.2, 0.25) is 0 Å². The first-order valence-electron chi connectivity index (χ1n) is 7.81. The highest BCUT2D eigenvalue weighted by Gasteiger charge is 2.41. The van der Waals surface area contributed by atoms with Crippen molar-refractivity contribution in [2.45, 2.75) is 37.8 Å². The lowest BCUT2D eigenvalue weighted by atomic mass is 9.79. The van der Waals surface area contributed by atoms with E-state index in [0.717, 1.165) is 31.6 Å². The maximum Gasteiger partial charge on any atom is 0.252 e. The zero-order valence-corrected chi connectivity index (χ0v) is 12.6. The summed E-state index contributed by atoms with van der Waals surface area (Å²) < 4.78 is 11.2. The summed E-state index contributed by atoms with van der Waals surface area (Å²) in [6.45, 7) is 2.46. The van der Waals surface area contributed by atoms with Crippen LogP contribution in [0.15, 0.2) is 18.5 Å². The second-order valence-corrected chi connectivity index (χ2v) is 6.09. The van der Waals surface area contributed by atoms with Gasteiger partial charge in [-0.2, -0.15) is 0 Å². The van der Waals surface area contributed by atoms with Gasteiger partial charge in [0.05, 0.1) is 19.4 Å². The first-order valence-corrected chi connectivity index (χ1v) is 7.81. The number of ether oxygens (including phenoxy) is 2. The van der Waals surface area contributed by atoms with Crippen LogP contribution in [0.3, 0.4) is 0 Å². The van der Waals surface area contributed by atoms with E-state index in [0.29, 0.717) is 37.7 Å². The minimum absolute atomic E-state index is 0.300. The number of carbonyl (C=O) groups is 1. The van der Waals surface area contributed by atoms with Crippen molar-refractivity contribution >= 4 is 5.91 Å². The van der Waals surface area contributed by atoms with Crippen molar-refractivity contribution in [3.63, 3.8) is 0 Å². The second kappa shape index (κ2) is 6.62. The van der Waals surface area contributed by atoms with E-state index in [4.69, 9.17) is 9.47 Å². The number of hydrogen-bond donors (Lipinski definition) is 2. The normalized spacial score (nSPS) is 22.9. The van der Waals surface area contributed by atoms with Crippen LogP contribution >= 0.6 is 0 Å². The number of aromatic nitrogens is 1. The lowest BCUT2D eigenvalue weighted by Crippen LogP contribution is -2.51. The lowest BCUT2D eigenvalue weighted by Gasteiger charge is -2.34. The molecular weight excluding hydrogens is 284 g/mol. The number of pyridine rings is 1. The summed E-state index contributed by atoms with van der Waals surface area (Å²) in [6.07, 6.45) is 6.33. The van der Waals surface area contributed by atoms with Crippen molar-refractivity contribution in [1.82, 2.24) is 10.3 Å². The Balaban J connectivity index is 1.55. The summed E-state index contributed by atoms with van der Waals surface area (Å²) in [4.78, 5) is 16.0. The Kier molecular flexibility index (Phi) is 4.59. The predicted octanol–water partition coefficient (Wildman–Crippen LogP) is 1.03. The molecule has 1 saturated carbocycles. The van der Waals surface area contributed by atoms with Crippen molar-refractivity contribution in [3.05, 3.63) is 24.0 Å². The van der Waals surface area contributed by atoms with Crippen LogP contribution in [0.1, 0.15) is 31.2 Å². The average Bonchev–Trinajstić information content (AvgIpc) is 3.02. The van der Waals surface area contributed by atoms with E-state index in [2.05, 4.69) is 10.3 Å². The molecule has 3 rings (SSSR count). The molecule has 0 aromatic carbocycles. The Morgan fingerprint density at radius 1 is 1.55 bits per heavy atom. The van der Waals surface area contributed by atoms with E-state index in [-0.39, 0.29) is 5.91 Å². The van der Waals surface area contributed by atoms with Gasteiger partial charge in [0.25, 0.3) is 5.91 Å². The van der Waals surface area contributed by atoms with Crippen molar-refractivity contribution in [1.29, 1.82) is 0 Å². The summed E-state index contributed by atoms with van der Waals surface area (Å²) in [5.41, 5.74) is -0.305. The third-order valence-electron chi connectivity index (χ3n) is 4.41. The van der Waals surface area contributed by atoms with Gasteiger partial charge in [0, 0.05) is 30.8 Å². The molecule has 0 bridgehead atoms. The van der Waals surface area contributed by atoms with Crippen LogP contribution in [0.5, 0.6) is 5.75 Å². The highest BCUT2D eigenvalue weighted by atomic mass is 16.5. The molecule has 0 radical (unpaired) electrons. The predicted molar refractivity (Wildman–Crippen MR) is 79.3 cm³/mol. The summed E-state index contributed by atoms with van der Waals surface area (Å²) >= 11 is 0. The van der Waals surface area contributed by atoms with E-state index in [1.165, 1.54) is 0 Å². The van der Waals surface area contributed by atoms with Crippen molar-refractivity contribution < 1.29 is 19.4 Å². The molecule has 1 unspecified atom stereocenters. The molecular formula is C16H22N2O4. The largest absolute Gasteiger partial charge is 0.491 e. The van der Waals surface area contributed by atoms with Crippen LogP contribution in [-0.2, 0) is 16.1 Å². The molecule has 1 aliphatic carbocycles. The van der Waals surface area contributed by atoms with Crippen molar-refractivity contribution in [2.75, 3.05) is 19.8 Å². The van der Waals surface area contributed by atoms with Gasteiger partial charge in [-0.05, 0) is 31.7 Å². The minimum Gasteiger partial charge on any atom is -0.491 e. The van der Waals surface area contributed by atoms with E-state index < -0.39 is 5.60 Å². The number of aliphatic hydroxyl groups is 1. The van der Waals surface area contributed by atoms with E-state index in [9.17, 15) is 9.90 Å². The third-order valence-corrected chi connectivity index (χ3v) is 4.41. The van der Waals surface area contributed by atoms with Crippen LogP contribution in [0.2, 0.25) is 0 Å². The molecule has 22 heavy (non-hydrogen) atoms. The summed E-state index contributed by atoms with van der Waals surface area (Å²) in [5.74, 6) is 0.791. The Bertz CT molecular complexity index is 525. The summed E-state index contributed by atoms with van der Waals surface area (Å²) in [6, 6.07) is 1.82. The van der Waals surface area contributed by atoms with Crippen molar-refractivity contribution in [3.8, 4) is 5.75 Å². The average molecular weight is 306 g/mol. The van der Waals surface area contributed by atoms with Crippen molar-refractivity contribution in [2.24, 2.45) is 5.92 Å². The molecule has 1 amide bonds. The molecule has 6 nitrogen and oxygen atoms in total. The molecule has 1 aromatic heterocycles. The number of nitrogens with one attached hydrogen (secondary N) is 1. The first-order chi connectivity index (χ1) is 10.7. The maximum absolute atomic E-state index is 12.0. The van der Waals surface area contributed by atoms with Gasteiger partial charge in [-0.15, -0.1) is 0 Å². The highest BCUT2D eigenvalue weighted by molar-refractivity contribution is 5.85. The molecule has 2 heterocycles. The Morgan fingerprint density at radius 2 is 2.41 bits per heavy atom. The molecule has 1 aromatic rings. The highest BCUT2D eigenvalue weighted by Crippen LogP contribution is 2.31. The second-order valence-electron chi connectivity index (χ2n) is 6.09. The molecule has 6 heteroatoms. The zero-order valence-electron chi connectivity index (χ0n) is 12.6. The maximum atomic E-state index is 12.0. The molecule has 1 saturated heterocycles. The molecule has 1 atom stereocenters. The van der Waals surface area contributed by atoms with E-state index >= 15 is 0 Å². The Morgan fingerprint density at radius 3 is 3.09 bits per heavy atom. The molecule has 2 aliphatic rings. The molecule has 120 valence electrons. The molecule has 2 N–H and O–H groups in total. The van der Waals surface area contributed by atoms with Gasteiger partial charge in [-0.25, -0.2) is 0 Å². The summed E-state index contributed by atoms with van der Waals surface area (Å²) in [7, 11) is 0.